The first-order chi connectivity index (χ1) is 17.3. The first-order valence-electron chi connectivity index (χ1n) is 12.9. The number of nitro groups is 1. The molecule has 0 amide bonds. The summed E-state index contributed by atoms with van der Waals surface area (Å²) in [6.45, 7) is 3.21. The zero-order valence-corrected chi connectivity index (χ0v) is 20.7. The van der Waals surface area contributed by atoms with Gasteiger partial charge in [-0.05, 0) is 93.6 Å². The van der Waals surface area contributed by atoms with Gasteiger partial charge in [0.25, 0.3) is 0 Å². The van der Waals surface area contributed by atoms with Crippen molar-refractivity contribution in [2.45, 2.75) is 69.9 Å². The number of benzene rings is 2. The van der Waals surface area contributed by atoms with E-state index in [2.05, 4.69) is 4.90 Å². The van der Waals surface area contributed by atoms with E-state index >= 15 is 0 Å². The molecule has 1 aliphatic carbocycles. The van der Waals surface area contributed by atoms with Gasteiger partial charge in [0.2, 0.25) is 6.04 Å². The molecule has 1 saturated heterocycles. The van der Waals surface area contributed by atoms with Crippen molar-refractivity contribution >= 4 is 5.97 Å². The molecule has 0 bridgehead atoms. The molecular formula is C28H34F2N2O4. The van der Waals surface area contributed by atoms with Crippen LogP contribution in [0.2, 0.25) is 0 Å². The molecular weight excluding hydrogens is 466 g/mol. The molecule has 1 saturated carbocycles. The molecule has 2 aliphatic rings. The van der Waals surface area contributed by atoms with E-state index in [1.165, 1.54) is 36.4 Å². The summed E-state index contributed by atoms with van der Waals surface area (Å²) in [5.74, 6) is -0.806. The second-order valence-electron chi connectivity index (χ2n) is 10.1. The van der Waals surface area contributed by atoms with Gasteiger partial charge in [-0.1, -0.05) is 25.0 Å². The standard InChI is InChI=1S/C28H34F2N2O4/c1-2-36-27(33)28(19-26(32(34)35)21-9-13-23(30)14-10-21)15-17-31(18-16-28)25-6-4-3-5-24(25)20-7-11-22(29)12-8-20/h7-14,24-26H,2-6,15-19H2,1H3. The predicted molar refractivity (Wildman–Crippen MR) is 132 cm³/mol. The third-order valence-electron chi connectivity index (χ3n) is 8.05. The van der Waals surface area contributed by atoms with Crippen LogP contribution in [-0.2, 0) is 9.53 Å². The molecule has 3 unspecified atom stereocenters. The number of halogens is 2. The summed E-state index contributed by atoms with van der Waals surface area (Å²) in [6, 6.07) is 11.2. The van der Waals surface area contributed by atoms with E-state index in [0.717, 1.165) is 31.2 Å². The molecule has 2 fully saturated rings. The summed E-state index contributed by atoms with van der Waals surface area (Å²) in [6.07, 6.45) is 5.25. The first kappa shape index (κ1) is 26.2. The van der Waals surface area contributed by atoms with Gasteiger partial charge in [-0.25, -0.2) is 8.78 Å². The molecule has 0 aromatic heterocycles. The van der Waals surface area contributed by atoms with Crippen molar-refractivity contribution in [2.24, 2.45) is 5.41 Å². The summed E-state index contributed by atoms with van der Waals surface area (Å²) in [7, 11) is 0. The van der Waals surface area contributed by atoms with Crippen LogP contribution in [0.3, 0.4) is 0 Å². The molecule has 1 heterocycles. The lowest BCUT2D eigenvalue weighted by Crippen LogP contribution is -2.51. The molecule has 36 heavy (non-hydrogen) atoms. The number of ether oxygens (including phenoxy) is 1. The number of esters is 1. The van der Waals surface area contributed by atoms with Gasteiger partial charge in [0.1, 0.15) is 11.6 Å². The Morgan fingerprint density at radius 1 is 1.06 bits per heavy atom. The van der Waals surface area contributed by atoms with E-state index in [4.69, 9.17) is 4.74 Å². The molecule has 3 atom stereocenters. The highest BCUT2D eigenvalue weighted by atomic mass is 19.1. The van der Waals surface area contributed by atoms with Gasteiger partial charge in [-0.3, -0.25) is 19.8 Å². The highest BCUT2D eigenvalue weighted by Crippen LogP contribution is 2.45. The van der Waals surface area contributed by atoms with E-state index < -0.39 is 23.2 Å². The Balaban J connectivity index is 1.54. The third kappa shape index (κ3) is 5.75. The Morgan fingerprint density at radius 3 is 2.22 bits per heavy atom. The van der Waals surface area contributed by atoms with E-state index in [1.807, 2.05) is 12.1 Å². The van der Waals surface area contributed by atoms with E-state index in [0.29, 0.717) is 37.4 Å². The smallest absolute Gasteiger partial charge is 0.312 e. The topological polar surface area (TPSA) is 72.7 Å². The molecule has 0 spiro atoms. The second-order valence-corrected chi connectivity index (χ2v) is 10.1. The number of carbonyl (C=O) groups excluding carboxylic acids is 1. The maximum absolute atomic E-state index is 13.5. The molecule has 4 rings (SSSR count). The highest BCUT2D eigenvalue weighted by Gasteiger charge is 2.48. The largest absolute Gasteiger partial charge is 0.466 e. The minimum atomic E-state index is -1.12. The lowest BCUT2D eigenvalue weighted by molar-refractivity contribution is -0.532. The van der Waals surface area contributed by atoms with Crippen molar-refractivity contribution in [1.82, 2.24) is 4.90 Å². The summed E-state index contributed by atoms with van der Waals surface area (Å²) >= 11 is 0. The lowest BCUT2D eigenvalue weighted by atomic mass is 9.71. The van der Waals surface area contributed by atoms with Crippen LogP contribution >= 0.6 is 0 Å². The summed E-state index contributed by atoms with van der Waals surface area (Å²) < 4.78 is 32.4. The quantitative estimate of drug-likeness (QED) is 0.251. The molecule has 6 nitrogen and oxygen atoms in total. The third-order valence-corrected chi connectivity index (χ3v) is 8.05. The molecule has 2 aromatic rings. The molecule has 1 aliphatic heterocycles. The Hall–Kier alpha value is -2.87. The number of nitrogens with zero attached hydrogens (tertiary/aromatic N) is 2. The Morgan fingerprint density at radius 2 is 1.64 bits per heavy atom. The molecule has 2 aromatic carbocycles. The maximum Gasteiger partial charge on any atom is 0.312 e. The molecule has 0 N–H and O–H groups in total. The second kappa shape index (κ2) is 11.5. The Bertz CT molecular complexity index is 1040. The van der Waals surface area contributed by atoms with Crippen LogP contribution in [-0.4, -0.2) is 41.5 Å². The summed E-state index contributed by atoms with van der Waals surface area (Å²) in [5.41, 5.74) is 0.544. The number of carbonyl (C=O) groups is 1. The molecule has 194 valence electrons. The minimum Gasteiger partial charge on any atom is -0.466 e. The fourth-order valence-corrected chi connectivity index (χ4v) is 6.08. The van der Waals surface area contributed by atoms with Crippen molar-refractivity contribution < 1.29 is 23.2 Å². The van der Waals surface area contributed by atoms with E-state index in [-0.39, 0.29) is 29.8 Å². The summed E-state index contributed by atoms with van der Waals surface area (Å²) in [5, 5.41) is 12.0. The monoisotopic (exact) mass is 500 g/mol. The van der Waals surface area contributed by atoms with Gasteiger partial charge in [0.05, 0.1) is 12.0 Å². The Labute approximate surface area is 210 Å². The summed E-state index contributed by atoms with van der Waals surface area (Å²) in [4.78, 5) is 27.3. The number of piperidine rings is 1. The van der Waals surface area contributed by atoms with Crippen molar-refractivity contribution in [3.63, 3.8) is 0 Å². The van der Waals surface area contributed by atoms with Crippen LogP contribution in [0, 0.1) is 27.2 Å². The zero-order chi connectivity index (χ0) is 25.7. The number of hydrogen-bond donors (Lipinski definition) is 0. The fourth-order valence-electron chi connectivity index (χ4n) is 6.08. The first-order valence-corrected chi connectivity index (χ1v) is 12.9. The Kier molecular flexibility index (Phi) is 8.34. The van der Waals surface area contributed by atoms with Gasteiger partial charge in [0.15, 0.2) is 0 Å². The van der Waals surface area contributed by atoms with Crippen molar-refractivity contribution in [2.75, 3.05) is 19.7 Å². The number of hydrogen-bond acceptors (Lipinski definition) is 5. The van der Waals surface area contributed by atoms with Gasteiger partial charge < -0.3 is 4.74 Å². The van der Waals surface area contributed by atoms with Crippen LogP contribution < -0.4 is 0 Å². The lowest BCUT2D eigenvalue weighted by Gasteiger charge is -2.46. The van der Waals surface area contributed by atoms with Crippen LogP contribution in [0.15, 0.2) is 48.5 Å². The minimum absolute atomic E-state index is 0.0182. The average Bonchev–Trinajstić information content (AvgIpc) is 2.89. The SMILES string of the molecule is CCOC(=O)C1(CC(c2ccc(F)cc2)[N+](=O)[O-])CCN(C2CCCCC2c2ccc(F)cc2)CC1. The maximum atomic E-state index is 13.5. The van der Waals surface area contributed by atoms with E-state index in [9.17, 15) is 23.7 Å². The van der Waals surface area contributed by atoms with Crippen LogP contribution in [0.5, 0.6) is 0 Å². The van der Waals surface area contributed by atoms with Gasteiger partial charge in [-0.2, -0.15) is 0 Å². The van der Waals surface area contributed by atoms with Crippen molar-refractivity contribution in [3.8, 4) is 0 Å². The highest BCUT2D eigenvalue weighted by molar-refractivity contribution is 5.77. The fraction of sp³-hybridized carbons (Fsp3) is 0.536. The number of likely N-dealkylation sites (tertiary alicyclic amines) is 1. The predicted octanol–water partition coefficient (Wildman–Crippen LogP) is 6.04. The number of rotatable bonds is 8. The van der Waals surface area contributed by atoms with Gasteiger partial charge >= 0.3 is 5.97 Å². The zero-order valence-electron chi connectivity index (χ0n) is 20.7. The van der Waals surface area contributed by atoms with E-state index in [1.54, 1.807) is 6.92 Å². The normalized spacial score (nSPS) is 23.1. The van der Waals surface area contributed by atoms with Crippen LogP contribution in [0.1, 0.15) is 75.0 Å². The molecule has 8 heteroatoms. The van der Waals surface area contributed by atoms with Crippen LogP contribution in [0.25, 0.3) is 0 Å². The van der Waals surface area contributed by atoms with Crippen molar-refractivity contribution in [1.29, 1.82) is 0 Å². The van der Waals surface area contributed by atoms with Gasteiger partial charge in [-0.15, -0.1) is 0 Å². The van der Waals surface area contributed by atoms with Crippen molar-refractivity contribution in [3.05, 3.63) is 81.4 Å². The van der Waals surface area contributed by atoms with Crippen LogP contribution in [0.4, 0.5) is 8.78 Å². The van der Waals surface area contributed by atoms with Gasteiger partial charge in [0, 0.05) is 22.9 Å². The average molecular weight is 501 g/mol. The molecule has 0 radical (unpaired) electrons.